The van der Waals surface area contributed by atoms with Crippen molar-refractivity contribution in [3.8, 4) is 17.0 Å². The molecule has 1 aromatic heterocycles. The van der Waals surface area contributed by atoms with Crippen molar-refractivity contribution in [1.29, 1.82) is 0 Å². The first-order chi connectivity index (χ1) is 17.1. The summed E-state index contributed by atoms with van der Waals surface area (Å²) < 4.78 is 45.4. The third-order valence-electron chi connectivity index (χ3n) is 6.43. The summed E-state index contributed by atoms with van der Waals surface area (Å²) in [6.07, 6.45) is -2.72. The Bertz CT molecular complexity index is 1290. The van der Waals surface area contributed by atoms with Crippen molar-refractivity contribution in [3.63, 3.8) is 0 Å². The zero-order valence-corrected chi connectivity index (χ0v) is 20.1. The van der Waals surface area contributed by atoms with Crippen molar-refractivity contribution in [2.75, 3.05) is 12.1 Å². The number of alkyl halides is 3. The van der Waals surface area contributed by atoms with Crippen LogP contribution in [0.4, 0.5) is 18.9 Å². The largest absolute Gasteiger partial charge is 0.481 e. The highest BCUT2D eigenvalue weighted by Crippen LogP contribution is 2.36. The highest BCUT2D eigenvalue weighted by Gasteiger charge is 2.48. The second-order valence-electron chi connectivity index (χ2n) is 8.85. The number of anilines is 1. The van der Waals surface area contributed by atoms with Gasteiger partial charge in [0.2, 0.25) is 5.88 Å². The summed E-state index contributed by atoms with van der Waals surface area (Å²) >= 11 is 0. The average molecular weight is 498 g/mol. The van der Waals surface area contributed by atoms with Crippen molar-refractivity contribution in [2.24, 2.45) is 11.0 Å². The number of halogens is 3. The van der Waals surface area contributed by atoms with Gasteiger partial charge in [-0.15, -0.1) is 0 Å². The summed E-state index contributed by atoms with van der Waals surface area (Å²) in [4.78, 5) is 15.4. The van der Waals surface area contributed by atoms with Crippen LogP contribution in [0.2, 0.25) is 0 Å². The number of hydrogen-bond donors (Lipinski definition) is 1. The molecule has 0 saturated carbocycles. The maximum absolute atomic E-state index is 13.4. The van der Waals surface area contributed by atoms with Crippen LogP contribution in [-0.2, 0) is 11.2 Å². The topological polar surface area (TPSA) is 75.0 Å². The molecule has 0 bridgehead atoms. The summed E-state index contributed by atoms with van der Waals surface area (Å²) in [5.41, 5.74) is 4.69. The molecule has 2 heterocycles. The lowest BCUT2D eigenvalue weighted by molar-refractivity contribution is -0.137. The van der Waals surface area contributed by atoms with Gasteiger partial charge in [0.1, 0.15) is 5.71 Å². The van der Waals surface area contributed by atoms with E-state index in [1.165, 1.54) is 11.9 Å². The average Bonchev–Trinajstić information content (AvgIpc) is 3.16. The van der Waals surface area contributed by atoms with Crippen molar-refractivity contribution in [1.82, 2.24) is 4.98 Å². The molecular formula is C27H26F3N3O3. The number of benzene rings is 2. The normalized spacial score (nSPS) is 17.7. The van der Waals surface area contributed by atoms with Crippen LogP contribution >= 0.6 is 0 Å². The van der Waals surface area contributed by atoms with Gasteiger partial charge in [0, 0.05) is 18.2 Å². The number of pyridine rings is 1. The predicted octanol–water partition coefficient (Wildman–Crippen LogP) is 5.87. The van der Waals surface area contributed by atoms with E-state index in [-0.39, 0.29) is 0 Å². The second kappa shape index (κ2) is 10.0. The van der Waals surface area contributed by atoms with Gasteiger partial charge in [0.15, 0.2) is 0 Å². The molecule has 2 aromatic carbocycles. The van der Waals surface area contributed by atoms with E-state index < -0.39 is 36.2 Å². The lowest BCUT2D eigenvalue weighted by Crippen LogP contribution is -2.36. The number of aryl methyl sites for hydroxylation is 1. The van der Waals surface area contributed by atoms with E-state index in [1.807, 2.05) is 37.3 Å². The molecule has 0 radical (unpaired) electrons. The first-order valence-corrected chi connectivity index (χ1v) is 11.4. The number of nitrogens with zero attached hydrogens (tertiary/aromatic N) is 3. The number of methoxy groups -OCH3 is 1. The molecule has 1 aliphatic rings. The zero-order valence-electron chi connectivity index (χ0n) is 20.1. The van der Waals surface area contributed by atoms with Crippen LogP contribution in [0.25, 0.3) is 11.1 Å². The highest BCUT2D eigenvalue weighted by molar-refractivity contribution is 5.95. The Morgan fingerprint density at radius 1 is 1.08 bits per heavy atom. The highest BCUT2D eigenvalue weighted by atomic mass is 19.4. The van der Waals surface area contributed by atoms with Gasteiger partial charge in [-0.05, 0) is 59.4 Å². The molecular weight excluding hydrogens is 471 g/mol. The van der Waals surface area contributed by atoms with Gasteiger partial charge in [0.05, 0.1) is 25.3 Å². The number of hydrogen-bond acceptors (Lipinski definition) is 5. The van der Waals surface area contributed by atoms with Crippen LogP contribution in [0.15, 0.2) is 65.9 Å². The van der Waals surface area contributed by atoms with E-state index in [1.54, 1.807) is 25.4 Å². The minimum Gasteiger partial charge on any atom is -0.481 e. The van der Waals surface area contributed by atoms with Crippen molar-refractivity contribution in [3.05, 3.63) is 77.5 Å². The monoisotopic (exact) mass is 497 g/mol. The molecule has 3 aromatic rings. The molecule has 36 heavy (non-hydrogen) atoms. The molecule has 0 amide bonds. The Morgan fingerprint density at radius 2 is 1.78 bits per heavy atom. The van der Waals surface area contributed by atoms with E-state index >= 15 is 0 Å². The van der Waals surface area contributed by atoms with Crippen molar-refractivity contribution >= 4 is 17.4 Å². The second-order valence-corrected chi connectivity index (χ2v) is 8.85. The number of hydrazone groups is 1. The maximum Gasteiger partial charge on any atom is 0.431 e. The minimum absolute atomic E-state index is 0.426. The van der Waals surface area contributed by atoms with Gasteiger partial charge in [-0.1, -0.05) is 37.3 Å². The fourth-order valence-electron chi connectivity index (χ4n) is 4.44. The fourth-order valence-corrected chi connectivity index (χ4v) is 4.44. The van der Waals surface area contributed by atoms with Gasteiger partial charge in [0.25, 0.3) is 0 Å². The molecule has 0 saturated heterocycles. The number of carboxylic acid groups (broad SMARTS) is 1. The number of rotatable bonds is 7. The summed E-state index contributed by atoms with van der Waals surface area (Å²) in [6.45, 7) is 3.39. The lowest BCUT2D eigenvalue weighted by Gasteiger charge is -2.25. The third-order valence-corrected chi connectivity index (χ3v) is 6.43. The van der Waals surface area contributed by atoms with E-state index in [0.717, 1.165) is 27.8 Å². The Kier molecular flexibility index (Phi) is 7.01. The summed E-state index contributed by atoms with van der Waals surface area (Å²) in [6, 6.07) is 16.1. The first kappa shape index (κ1) is 25.2. The van der Waals surface area contributed by atoms with Gasteiger partial charge < -0.3 is 9.84 Å². The molecule has 188 valence electrons. The van der Waals surface area contributed by atoms with Crippen LogP contribution in [0.5, 0.6) is 5.88 Å². The van der Waals surface area contributed by atoms with Crippen LogP contribution < -0.4 is 9.75 Å². The fraction of sp³-hybridized carbons (Fsp3) is 0.296. The summed E-state index contributed by atoms with van der Waals surface area (Å²) in [7, 11) is 1.57. The molecule has 0 spiro atoms. The zero-order chi connectivity index (χ0) is 26.0. The SMILES string of the molecule is COc1cc(-c2ccc(Cc3ccc(N4N=C(C(F)(F)F)C(C)C4CC(=O)O)cc3)c(C)c2)ccn1. The lowest BCUT2D eigenvalue weighted by atomic mass is 9.94. The number of aromatic nitrogens is 1. The Morgan fingerprint density at radius 3 is 2.39 bits per heavy atom. The standard InChI is InChI=1S/C27H26F3N3O3/c1-16-12-20(21-10-11-31-24(14-21)36-3)7-6-19(16)13-18-4-8-22(9-5-18)33-23(15-25(34)35)17(2)26(32-33)27(28,29)30/h4-12,14,17,23H,13,15H2,1-3H3,(H,34,35). The molecule has 1 aliphatic heterocycles. The third kappa shape index (κ3) is 5.35. The molecule has 1 N–H and O–H groups in total. The molecule has 9 heteroatoms. The first-order valence-electron chi connectivity index (χ1n) is 11.4. The molecule has 0 aliphatic carbocycles. The molecule has 2 atom stereocenters. The summed E-state index contributed by atoms with van der Waals surface area (Å²) in [5, 5.41) is 14.2. The molecule has 0 fully saturated rings. The van der Waals surface area contributed by atoms with Gasteiger partial charge >= 0.3 is 12.1 Å². The van der Waals surface area contributed by atoms with E-state index in [2.05, 4.69) is 22.2 Å². The van der Waals surface area contributed by atoms with Crippen molar-refractivity contribution in [2.45, 2.75) is 38.9 Å². The smallest absolute Gasteiger partial charge is 0.431 e. The minimum atomic E-state index is -4.62. The van der Waals surface area contributed by atoms with Gasteiger partial charge in [-0.3, -0.25) is 9.80 Å². The van der Waals surface area contributed by atoms with E-state index in [9.17, 15) is 23.1 Å². The Labute approximate surface area is 207 Å². The number of aliphatic carboxylic acids is 1. The van der Waals surface area contributed by atoms with Gasteiger partial charge in [-0.2, -0.15) is 18.3 Å². The van der Waals surface area contributed by atoms with E-state index in [4.69, 9.17) is 4.74 Å². The van der Waals surface area contributed by atoms with Crippen LogP contribution in [-0.4, -0.2) is 41.1 Å². The molecule has 4 rings (SSSR count). The number of carboxylic acids is 1. The van der Waals surface area contributed by atoms with E-state index in [0.29, 0.717) is 18.0 Å². The quantitative estimate of drug-likeness (QED) is 0.442. The molecule has 6 nitrogen and oxygen atoms in total. The number of carbonyl (C=O) groups is 1. The Hall–Kier alpha value is -3.88. The Balaban J connectivity index is 1.54. The van der Waals surface area contributed by atoms with Crippen molar-refractivity contribution < 1.29 is 27.8 Å². The van der Waals surface area contributed by atoms with Crippen LogP contribution in [0.1, 0.15) is 30.0 Å². The molecule has 2 unspecified atom stereocenters. The predicted molar refractivity (Wildman–Crippen MR) is 131 cm³/mol. The van der Waals surface area contributed by atoms with Crippen LogP contribution in [0.3, 0.4) is 0 Å². The summed E-state index contributed by atoms with van der Waals surface area (Å²) in [5.74, 6) is -1.68. The maximum atomic E-state index is 13.4. The van der Waals surface area contributed by atoms with Gasteiger partial charge in [-0.25, -0.2) is 4.98 Å². The number of ether oxygens (including phenoxy) is 1. The van der Waals surface area contributed by atoms with Crippen LogP contribution in [0, 0.1) is 12.8 Å².